The molecule has 0 saturated carbocycles. The standard InChI is InChI=1S/C42H51N5O7S/c1-3-55(52,53)46-37-25-35(40(49)44-30(2)34-17-11-6-12-18-34)24-36(26-37)41(50)45-38(23-31-13-7-4-8-14-31)39(48)28-43-27-32-19-21-47(22-20-32)42(51)54-29-33-15-9-5-10-16-33/h4-18,24-26,30,32,38-39,43,46,48H,3,19-23,27-29H2,1-2H3,(H,44,49)(H,45,50)/t30-,38?,39?/m1/s1. The number of ether oxygens (including phenoxy) is 1. The van der Waals surface area contributed by atoms with Crippen LogP contribution in [0.2, 0.25) is 0 Å². The van der Waals surface area contributed by atoms with Crippen molar-refractivity contribution in [2.24, 2.45) is 5.92 Å². The van der Waals surface area contributed by atoms with Crippen molar-refractivity contribution in [1.82, 2.24) is 20.9 Å². The third-order valence-electron chi connectivity index (χ3n) is 9.70. The van der Waals surface area contributed by atoms with Crippen molar-refractivity contribution >= 4 is 33.6 Å². The van der Waals surface area contributed by atoms with Crippen LogP contribution in [0.3, 0.4) is 0 Å². The molecule has 13 heteroatoms. The number of hydrogen-bond donors (Lipinski definition) is 5. The normalized spacial score (nSPS) is 15.0. The van der Waals surface area contributed by atoms with Gasteiger partial charge in [0.05, 0.1) is 29.6 Å². The number of anilines is 1. The number of amides is 3. The second kappa shape index (κ2) is 19.9. The molecule has 0 aliphatic carbocycles. The number of carbonyl (C=O) groups excluding carboxylic acids is 3. The smallest absolute Gasteiger partial charge is 0.410 e. The van der Waals surface area contributed by atoms with E-state index in [1.54, 1.807) is 4.90 Å². The Morgan fingerprint density at radius 1 is 0.818 bits per heavy atom. The van der Waals surface area contributed by atoms with Crippen LogP contribution in [0, 0.1) is 5.92 Å². The Hall–Kier alpha value is -5.24. The molecule has 55 heavy (non-hydrogen) atoms. The summed E-state index contributed by atoms with van der Waals surface area (Å²) in [6.45, 7) is 5.52. The quantitative estimate of drug-likeness (QED) is 0.0968. The minimum Gasteiger partial charge on any atom is -0.445 e. The van der Waals surface area contributed by atoms with Gasteiger partial charge in [0.2, 0.25) is 10.0 Å². The Morgan fingerprint density at radius 2 is 1.38 bits per heavy atom. The summed E-state index contributed by atoms with van der Waals surface area (Å²) in [5.41, 5.74) is 2.95. The molecule has 0 spiro atoms. The number of piperidine rings is 1. The number of sulfonamides is 1. The summed E-state index contributed by atoms with van der Waals surface area (Å²) >= 11 is 0. The van der Waals surface area contributed by atoms with Gasteiger partial charge in [-0.1, -0.05) is 91.0 Å². The zero-order valence-electron chi connectivity index (χ0n) is 31.3. The molecule has 4 aromatic carbocycles. The van der Waals surface area contributed by atoms with Crippen LogP contribution in [0.5, 0.6) is 0 Å². The number of nitrogens with one attached hydrogen (secondary N) is 4. The Labute approximate surface area is 323 Å². The summed E-state index contributed by atoms with van der Waals surface area (Å²) in [4.78, 5) is 41.7. The number of likely N-dealkylation sites (tertiary alicyclic amines) is 1. The maximum absolute atomic E-state index is 13.9. The van der Waals surface area contributed by atoms with Crippen molar-refractivity contribution in [3.8, 4) is 0 Å². The summed E-state index contributed by atoms with van der Waals surface area (Å²) in [7, 11) is -3.73. The highest BCUT2D eigenvalue weighted by Crippen LogP contribution is 2.21. The van der Waals surface area contributed by atoms with Crippen LogP contribution in [0.4, 0.5) is 10.5 Å². The van der Waals surface area contributed by atoms with Gasteiger partial charge in [-0.3, -0.25) is 14.3 Å². The minimum atomic E-state index is -3.73. The van der Waals surface area contributed by atoms with Crippen LogP contribution in [0.15, 0.2) is 109 Å². The first-order valence-electron chi connectivity index (χ1n) is 18.7. The molecule has 5 rings (SSSR count). The molecular formula is C42H51N5O7S. The first kappa shape index (κ1) is 40.9. The summed E-state index contributed by atoms with van der Waals surface area (Å²) in [6, 6.07) is 31.5. The van der Waals surface area contributed by atoms with Gasteiger partial charge in [0.1, 0.15) is 6.61 Å². The van der Waals surface area contributed by atoms with Crippen LogP contribution in [0.25, 0.3) is 0 Å². The fraction of sp³-hybridized carbons (Fsp3) is 0.357. The van der Waals surface area contributed by atoms with E-state index in [1.165, 1.54) is 25.1 Å². The molecule has 0 bridgehead atoms. The third kappa shape index (κ3) is 12.7. The lowest BCUT2D eigenvalue weighted by Crippen LogP contribution is -2.49. The highest BCUT2D eigenvalue weighted by Gasteiger charge is 2.27. The summed E-state index contributed by atoms with van der Waals surface area (Å²) in [6.07, 6.45) is 0.572. The number of hydrogen-bond acceptors (Lipinski definition) is 8. The molecule has 2 unspecified atom stereocenters. The SMILES string of the molecule is CCS(=O)(=O)Nc1cc(C(=O)NC(Cc2ccccc2)C(O)CNCC2CCN(C(=O)OCc3ccccc3)CC2)cc(C(=O)N[C@H](C)c2ccccc2)c1. The van der Waals surface area contributed by atoms with Crippen molar-refractivity contribution in [3.05, 3.63) is 137 Å². The van der Waals surface area contributed by atoms with Gasteiger partial charge in [-0.15, -0.1) is 0 Å². The topological polar surface area (TPSA) is 166 Å². The lowest BCUT2D eigenvalue weighted by molar-refractivity contribution is 0.0784. The summed E-state index contributed by atoms with van der Waals surface area (Å²) in [5.74, 6) is -0.970. The van der Waals surface area contributed by atoms with Gasteiger partial charge in [0.25, 0.3) is 11.8 Å². The zero-order valence-corrected chi connectivity index (χ0v) is 32.1. The fourth-order valence-electron chi connectivity index (χ4n) is 6.42. The van der Waals surface area contributed by atoms with Gasteiger partial charge >= 0.3 is 6.09 Å². The molecule has 3 atom stereocenters. The van der Waals surface area contributed by atoms with Crippen molar-refractivity contribution in [2.75, 3.05) is 36.7 Å². The number of aliphatic hydroxyl groups excluding tert-OH is 1. The molecule has 0 aromatic heterocycles. The summed E-state index contributed by atoms with van der Waals surface area (Å²) in [5, 5.41) is 20.7. The van der Waals surface area contributed by atoms with Gasteiger partial charge < -0.3 is 30.7 Å². The van der Waals surface area contributed by atoms with E-state index in [-0.39, 0.29) is 53.8 Å². The van der Waals surface area contributed by atoms with Gasteiger partial charge in [-0.05, 0) is 80.5 Å². The second-order valence-electron chi connectivity index (χ2n) is 13.9. The van der Waals surface area contributed by atoms with Crippen LogP contribution < -0.4 is 20.7 Å². The lowest BCUT2D eigenvalue weighted by Gasteiger charge is -2.32. The van der Waals surface area contributed by atoms with E-state index in [4.69, 9.17) is 4.74 Å². The number of rotatable bonds is 17. The maximum atomic E-state index is 13.9. The van der Waals surface area contributed by atoms with Gasteiger partial charge in [0, 0.05) is 30.8 Å². The average molecular weight is 770 g/mol. The Morgan fingerprint density at radius 3 is 1.98 bits per heavy atom. The first-order valence-corrected chi connectivity index (χ1v) is 20.4. The molecule has 292 valence electrons. The van der Waals surface area contributed by atoms with Crippen LogP contribution in [-0.2, 0) is 27.8 Å². The largest absolute Gasteiger partial charge is 0.445 e. The van der Waals surface area contributed by atoms with Gasteiger partial charge in [0.15, 0.2) is 0 Å². The molecule has 1 aliphatic rings. The minimum absolute atomic E-state index is 0.0566. The van der Waals surface area contributed by atoms with Crippen molar-refractivity contribution < 1.29 is 32.6 Å². The molecule has 1 aliphatic heterocycles. The third-order valence-corrected chi connectivity index (χ3v) is 11.0. The number of benzene rings is 4. The summed E-state index contributed by atoms with van der Waals surface area (Å²) < 4.78 is 33.0. The Kier molecular flexibility index (Phi) is 14.8. The van der Waals surface area contributed by atoms with Crippen molar-refractivity contribution in [2.45, 2.75) is 57.9 Å². The highest BCUT2D eigenvalue weighted by atomic mass is 32.2. The predicted octanol–water partition coefficient (Wildman–Crippen LogP) is 5.28. The van der Waals surface area contributed by atoms with Gasteiger partial charge in [-0.25, -0.2) is 13.2 Å². The molecule has 0 radical (unpaired) electrons. The van der Waals surface area contributed by atoms with Crippen LogP contribution >= 0.6 is 0 Å². The predicted molar refractivity (Wildman–Crippen MR) is 213 cm³/mol. The fourth-order valence-corrected chi connectivity index (χ4v) is 7.04. The van der Waals surface area contributed by atoms with E-state index in [0.29, 0.717) is 26.1 Å². The molecule has 1 saturated heterocycles. The van der Waals surface area contributed by atoms with Crippen molar-refractivity contribution in [3.63, 3.8) is 0 Å². The van der Waals surface area contributed by atoms with Crippen molar-refractivity contribution in [1.29, 1.82) is 0 Å². The molecule has 12 nitrogen and oxygen atoms in total. The molecule has 1 heterocycles. The van der Waals surface area contributed by atoms with Gasteiger partial charge in [-0.2, -0.15) is 0 Å². The highest BCUT2D eigenvalue weighted by molar-refractivity contribution is 7.92. The van der Waals surface area contributed by atoms with E-state index in [2.05, 4.69) is 20.7 Å². The first-order chi connectivity index (χ1) is 26.5. The monoisotopic (exact) mass is 769 g/mol. The molecule has 1 fully saturated rings. The second-order valence-corrected chi connectivity index (χ2v) is 15.9. The Bertz CT molecular complexity index is 1960. The Balaban J connectivity index is 1.22. The van der Waals surface area contributed by atoms with Crippen LogP contribution in [0.1, 0.15) is 70.1 Å². The van der Waals surface area contributed by atoms with E-state index in [9.17, 15) is 27.9 Å². The lowest BCUT2D eigenvalue weighted by atomic mass is 9.96. The number of aliphatic hydroxyl groups is 1. The van der Waals surface area contributed by atoms with E-state index >= 15 is 0 Å². The molecule has 4 aromatic rings. The molecule has 5 N–H and O–H groups in total. The maximum Gasteiger partial charge on any atom is 0.410 e. The van der Waals surface area contributed by atoms with Crippen LogP contribution in [-0.4, -0.2) is 80.4 Å². The van der Waals surface area contributed by atoms with E-state index in [1.807, 2.05) is 97.9 Å². The number of carbonyl (C=O) groups is 3. The molecule has 3 amide bonds. The molecular weight excluding hydrogens is 719 g/mol. The van der Waals surface area contributed by atoms with E-state index < -0.39 is 34.0 Å². The number of nitrogens with zero attached hydrogens (tertiary/aromatic N) is 1. The van der Waals surface area contributed by atoms with E-state index in [0.717, 1.165) is 29.5 Å². The average Bonchev–Trinajstić information content (AvgIpc) is 3.20. The zero-order chi connectivity index (χ0) is 39.2.